The van der Waals surface area contributed by atoms with E-state index in [9.17, 15) is 14.4 Å². The van der Waals surface area contributed by atoms with Crippen LogP contribution in [0.3, 0.4) is 0 Å². The molecule has 1 saturated heterocycles. The van der Waals surface area contributed by atoms with Crippen molar-refractivity contribution in [3.8, 4) is 0 Å². The largest absolute Gasteiger partial charge is 0.298 e. The van der Waals surface area contributed by atoms with Gasteiger partial charge in [0.25, 0.3) is 0 Å². The quantitative estimate of drug-likeness (QED) is 0.426. The zero-order valence-electron chi connectivity index (χ0n) is 19.5. The van der Waals surface area contributed by atoms with Crippen molar-refractivity contribution in [1.82, 2.24) is 0 Å². The van der Waals surface area contributed by atoms with Crippen LogP contribution in [0.15, 0.2) is 84.9 Å². The molecule has 0 spiro atoms. The average Bonchev–Trinajstić information content (AvgIpc) is 3.35. The fraction of sp³-hybridized carbons (Fsp3) is 0.233. The molecule has 5 heteroatoms. The van der Waals surface area contributed by atoms with Crippen molar-refractivity contribution >= 4 is 46.0 Å². The van der Waals surface area contributed by atoms with Crippen LogP contribution in [0, 0.1) is 22.7 Å². The maximum Gasteiger partial charge on any atom is 0.239 e. The van der Waals surface area contributed by atoms with Gasteiger partial charge in [-0.05, 0) is 59.9 Å². The maximum absolute atomic E-state index is 14.4. The molecular weight excluding hydrogens is 458 g/mol. The predicted octanol–water partition coefficient (Wildman–Crippen LogP) is 6.06. The van der Waals surface area contributed by atoms with E-state index in [1.165, 1.54) is 4.90 Å². The van der Waals surface area contributed by atoms with Gasteiger partial charge in [-0.15, -0.1) is 0 Å². The standard InChI is InChI=1S/C30H24ClNO3/c1-3-30-23(19-12-8-5-9-13-19)22(18-10-6-4-7-11-18)29(2,28(30)35)24-25(30)27(34)32(26(24)33)21-16-14-20(31)15-17-21/h4-17,24-25H,3H2,1-2H3/t24-,25-,29-,30-/m0/s1. The number of Topliss-reactive ketones (excluding diaryl/α,β-unsaturated/α-hetero) is 1. The van der Waals surface area contributed by atoms with Crippen LogP contribution in [0.5, 0.6) is 0 Å². The number of amides is 2. The summed E-state index contributed by atoms with van der Waals surface area (Å²) in [5, 5.41) is 0.527. The number of hydrogen-bond acceptors (Lipinski definition) is 3. The Balaban J connectivity index is 1.64. The molecule has 3 aliphatic rings. The molecule has 35 heavy (non-hydrogen) atoms. The molecule has 6 rings (SSSR count). The van der Waals surface area contributed by atoms with Gasteiger partial charge in [-0.2, -0.15) is 0 Å². The molecule has 0 unspecified atom stereocenters. The van der Waals surface area contributed by atoms with Gasteiger partial charge in [0.15, 0.2) is 5.78 Å². The molecule has 3 aromatic rings. The highest BCUT2D eigenvalue weighted by molar-refractivity contribution is 6.35. The Morgan fingerprint density at radius 1 is 0.743 bits per heavy atom. The highest BCUT2D eigenvalue weighted by atomic mass is 35.5. The van der Waals surface area contributed by atoms with Gasteiger partial charge in [0.05, 0.1) is 28.4 Å². The first-order valence-electron chi connectivity index (χ1n) is 11.9. The molecule has 174 valence electrons. The lowest BCUT2D eigenvalue weighted by molar-refractivity contribution is -0.134. The fourth-order valence-electron chi connectivity index (χ4n) is 6.97. The number of anilines is 1. The van der Waals surface area contributed by atoms with Crippen molar-refractivity contribution in [3.63, 3.8) is 0 Å². The fourth-order valence-corrected chi connectivity index (χ4v) is 7.10. The van der Waals surface area contributed by atoms with Crippen LogP contribution in [0.25, 0.3) is 11.1 Å². The van der Waals surface area contributed by atoms with Gasteiger partial charge in [-0.25, -0.2) is 4.90 Å². The Kier molecular flexibility index (Phi) is 4.71. The number of nitrogens with zero attached hydrogens (tertiary/aromatic N) is 1. The first-order chi connectivity index (χ1) is 16.9. The van der Waals surface area contributed by atoms with Crippen LogP contribution < -0.4 is 4.90 Å². The number of halogens is 1. The van der Waals surface area contributed by atoms with Crippen molar-refractivity contribution < 1.29 is 14.4 Å². The monoisotopic (exact) mass is 481 g/mol. The Morgan fingerprint density at radius 2 is 1.26 bits per heavy atom. The predicted molar refractivity (Wildman–Crippen MR) is 136 cm³/mol. The second-order valence-electron chi connectivity index (χ2n) is 9.78. The van der Waals surface area contributed by atoms with Crippen molar-refractivity contribution in [2.24, 2.45) is 22.7 Å². The summed E-state index contributed by atoms with van der Waals surface area (Å²) in [4.78, 5) is 43.7. The van der Waals surface area contributed by atoms with E-state index >= 15 is 0 Å². The summed E-state index contributed by atoms with van der Waals surface area (Å²) >= 11 is 6.06. The Hall–Kier alpha value is -3.50. The smallest absolute Gasteiger partial charge is 0.239 e. The molecular formula is C30H24ClNO3. The molecule has 2 amide bonds. The minimum absolute atomic E-state index is 0.0161. The average molecular weight is 482 g/mol. The Labute approximate surface area is 209 Å². The maximum atomic E-state index is 14.4. The number of ketones is 1. The van der Waals surface area contributed by atoms with E-state index in [0.29, 0.717) is 17.1 Å². The Morgan fingerprint density at radius 3 is 1.80 bits per heavy atom. The molecule has 0 N–H and O–H groups in total. The lowest BCUT2D eigenvalue weighted by Gasteiger charge is -2.37. The van der Waals surface area contributed by atoms with Gasteiger partial charge in [-0.3, -0.25) is 14.4 Å². The summed E-state index contributed by atoms with van der Waals surface area (Å²) in [6.07, 6.45) is 0.441. The van der Waals surface area contributed by atoms with Gasteiger partial charge in [-0.1, -0.05) is 79.2 Å². The van der Waals surface area contributed by atoms with E-state index < -0.39 is 22.7 Å². The number of allylic oxidation sites excluding steroid dienone is 2. The molecule has 0 radical (unpaired) electrons. The van der Waals surface area contributed by atoms with Gasteiger partial charge in [0, 0.05) is 5.02 Å². The lowest BCUT2D eigenvalue weighted by atomic mass is 9.62. The number of imide groups is 1. The van der Waals surface area contributed by atoms with E-state index in [1.54, 1.807) is 24.3 Å². The number of rotatable bonds is 4. The minimum Gasteiger partial charge on any atom is -0.298 e. The minimum atomic E-state index is -1.11. The summed E-state index contributed by atoms with van der Waals surface area (Å²) in [5.74, 6) is -2.12. The van der Waals surface area contributed by atoms with E-state index in [-0.39, 0.29) is 17.6 Å². The van der Waals surface area contributed by atoms with E-state index in [0.717, 1.165) is 22.3 Å². The van der Waals surface area contributed by atoms with Crippen LogP contribution in [-0.4, -0.2) is 17.6 Å². The van der Waals surface area contributed by atoms with Gasteiger partial charge >= 0.3 is 0 Å². The SMILES string of the molecule is CC[C@]12C(=O)[C@@](C)(C(c3ccccc3)=C1c1ccccc1)[C@@H]1C(=O)N(c3ccc(Cl)cc3)C(=O)[C@H]12. The second-order valence-corrected chi connectivity index (χ2v) is 10.2. The zero-order chi connectivity index (χ0) is 24.5. The van der Waals surface area contributed by atoms with Gasteiger partial charge in [0.1, 0.15) is 0 Å². The highest BCUT2D eigenvalue weighted by Gasteiger charge is 2.79. The Bertz CT molecular complexity index is 1410. The number of carbonyl (C=O) groups is 3. The highest BCUT2D eigenvalue weighted by Crippen LogP contribution is 2.74. The molecule has 3 aromatic carbocycles. The van der Waals surface area contributed by atoms with Crippen LogP contribution in [0.4, 0.5) is 5.69 Å². The summed E-state index contributed by atoms with van der Waals surface area (Å²) in [5.41, 5.74) is 1.91. The van der Waals surface area contributed by atoms with E-state index in [1.807, 2.05) is 74.5 Å². The lowest BCUT2D eigenvalue weighted by Crippen LogP contribution is -2.41. The van der Waals surface area contributed by atoms with Crippen molar-refractivity contribution in [3.05, 3.63) is 101 Å². The molecule has 4 atom stereocenters. The number of hydrogen-bond donors (Lipinski definition) is 0. The molecule has 1 saturated carbocycles. The summed E-state index contributed by atoms with van der Waals surface area (Å²) in [6, 6.07) is 26.4. The molecule has 1 aliphatic heterocycles. The van der Waals surface area contributed by atoms with Crippen LogP contribution in [-0.2, 0) is 14.4 Å². The van der Waals surface area contributed by atoms with Crippen molar-refractivity contribution in [1.29, 1.82) is 0 Å². The normalized spacial score (nSPS) is 29.3. The summed E-state index contributed by atoms with van der Waals surface area (Å²) < 4.78 is 0. The van der Waals surface area contributed by atoms with E-state index in [4.69, 9.17) is 11.6 Å². The van der Waals surface area contributed by atoms with Gasteiger partial charge in [0.2, 0.25) is 11.8 Å². The molecule has 2 aliphatic carbocycles. The van der Waals surface area contributed by atoms with Crippen LogP contribution in [0.1, 0.15) is 31.4 Å². The molecule has 4 nitrogen and oxygen atoms in total. The number of carbonyl (C=O) groups excluding carboxylic acids is 3. The molecule has 2 bridgehead atoms. The third-order valence-electron chi connectivity index (χ3n) is 8.32. The summed E-state index contributed by atoms with van der Waals surface area (Å²) in [6.45, 7) is 3.83. The van der Waals surface area contributed by atoms with Crippen molar-refractivity contribution in [2.45, 2.75) is 20.3 Å². The second kappa shape index (κ2) is 7.50. The van der Waals surface area contributed by atoms with Gasteiger partial charge < -0.3 is 0 Å². The van der Waals surface area contributed by atoms with E-state index in [2.05, 4.69) is 0 Å². The van der Waals surface area contributed by atoms with Crippen LogP contribution >= 0.6 is 11.6 Å². The number of fused-ring (bicyclic) bond motifs is 5. The first kappa shape index (κ1) is 22.0. The molecule has 2 fully saturated rings. The third kappa shape index (κ3) is 2.61. The number of benzene rings is 3. The topological polar surface area (TPSA) is 54.5 Å². The van der Waals surface area contributed by atoms with Crippen molar-refractivity contribution in [2.75, 3.05) is 4.90 Å². The zero-order valence-corrected chi connectivity index (χ0v) is 20.3. The van der Waals surface area contributed by atoms with Crippen LogP contribution in [0.2, 0.25) is 5.02 Å². The summed E-state index contributed by atoms with van der Waals surface area (Å²) in [7, 11) is 0. The molecule has 0 aromatic heterocycles. The molecule has 1 heterocycles. The third-order valence-corrected chi connectivity index (χ3v) is 8.57. The first-order valence-corrected chi connectivity index (χ1v) is 12.3.